The van der Waals surface area contributed by atoms with Crippen LogP contribution < -0.4 is 10.1 Å². The summed E-state index contributed by atoms with van der Waals surface area (Å²) in [7, 11) is 0. The second kappa shape index (κ2) is 6.61. The van der Waals surface area contributed by atoms with Crippen molar-refractivity contribution < 1.29 is 9.53 Å². The highest BCUT2D eigenvalue weighted by Crippen LogP contribution is 2.34. The lowest BCUT2D eigenvalue weighted by Gasteiger charge is -2.28. The highest BCUT2D eigenvalue weighted by atomic mass is 16.5. The largest absolute Gasteiger partial charge is 0.493 e. The van der Waals surface area contributed by atoms with Crippen LogP contribution >= 0.6 is 0 Å². The number of rotatable bonds is 6. The lowest BCUT2D eigenvalue weighted by atomic mass is 9.87. The van der Waals surface area contributed by atoms with Crippen LogP contribution in [0.2, 0.25) is 0 Å². The molecule has 1 N–H and O–H groups in total. The fourth-order valence-electron chi connectivity index (χ4n) is 3.75. The molecule has 0 spiro atoms. The minimum Gasteiger partial charge on any atom is -0.493 e. The van der Waals surface area contributed by atoms with Gasteiger partial charge in [0.15, 0.2) is 5.78 Å². The molecular weight excluding hydrogens is 262 g/mol. The van der Waals surface area contributed by atoms with E-state index in [1.165, 1.54) is 12.8 Å². The van der Waals surface area contributed by atoms with E-state index in [2.05, 4.69) is 12.2 Å². The SMILES string of the molecule is CCCOc1ccccc1C(=O)CC1CC2CCC(C1)N2. The number of ketones is 1. The molecule has 3 rings (SSSR count). The summed E-state index contributed by atoms with van der Waals surface area (Å²) in [5.41, 5.74) is 0.761. The minimum atomic E-state index is 0.244. The maximum Gasteiger partial charge on any atom is 0.166 e. The number of carbonyl (C=O) groups is 1. The van der Waals surface area contributed by atoms with Gasteiger partial charge in [0, 0.05) is 18.5 Å². The van der Waals surface area contributed by atoms with Crippen LogP contribution in [0.25, 0.3) is 0 Å². The zero-order valence-corrected chi connectivity index (χ0v) is 12.8. The molecule has 0 aliphatic carbocycles. The molecule has 2 fully saturated rings. The van der Waals surface area contributed by atoms with Crippen molar-refractivity contribution in [2.75, 3.05) is 6.61 Å². The molecule has 1 aromatic carbocycles. The molecule has 0 aromatic heterocycles. The number of piperidine rings is 1. The fraction of sp³-hybridized carbons (Fsp3) is 0.611. The van der Waals surface area contributed by atoms with E-state index in [9.17, 15) is 4.79 Å². The summed E-state index contributed by atoms with van der Waals surface area (Å²) in [5, 5.41) is 3.64. The Morgan fingerprint density at radius 2 is 1.95 bits per heavy atom. The Balaban J connectivity index is 1.65. The molecule has 2 unspecified atom stereocenters. The highest BCUT2D eigenvalue weighted by Gasteiger charge is 2.34. The Kier molecular flexibility index (Phi) is 4.59. The van der Waals surface area contributed by atoms with E-state index in [1.807, 2.05) is 24.3 Å². The molecular formula is C18H25NO2. The van der Waals surface area contributed by atoms with Crippen LogP contribution in [0.5, 0.6) is 5.75 Å². The summed E-state index contributed by atoms with van der Waals surface area (Å²) in [6, 6.07) is 8.98. The van der Waals surface area contributed by atoms with Gasteiger partial charge in [-0.05, 0) is 50.2 Å². The monoisotopic (exact) mass is 287 g/mol. The Hall–Kier alpha value is -1.35. The number of benzene rings is 1. The van der Waals surface area contributed by atoms with Crippen LogP contribution in [0.15, 0.2) is 24.3 Å². The molecule has 2 saturated heterocycles. The van der Waals surface area contributed by atoms with E-state index in [1.54, 1.807) is 0 Å². The van der Waals surface area contributed by atoms with Crippen molar-refractivity contribution in [3.63, 3.8) is 0 Å². The molecule has 3 nitrogen and oxygen atoms in total. The molecule has 0 amide bonds. The number of ether oxygens (including phenoxy) is 1. The van der Waals surface area contributed by atoms with E-state index in [0.29, 0.717) is 31.0 Å². The van der Waals surface area contributed by atoms with E-state index in [4.69, 9.17) is 4.74 Å². The lowest BCUT2D eigenvalue weighted by molar-refractivity contribution is 0.0941. The Morgan fingerprint density at radius 3 is 2.67 bits per heavy atom. The lowest BCUT2D eigenvalue weighted by Crippen LogP contribution is -2.38. The predicted octanol–water partition coefficient (Wildman–Crippen LogP) is 3.58. The average Bonchev–Trinajstić information content (AvgIpc) is 2.84. The Bertz CT molecular complexity index is 488. The van der Waals surface area contributed by atoms with Gasteiger partial charge in [-0.25, -0.2) is 0 Å². The number of carbonyl (C=O) groups excluding carboxylic acids is 1. The molecule has 2 atom stereocenters. The molecule has 2 aliphatic rings. The van der Waals surface area contributed by atoms with Gasteiger partial charge in [0.05, 0.1) is 12.2 Å². The van der Waals surface area contributed by atoms with Gasteiger partial charge >= 0.3 is 0 Å². The summed E-state index contributed by atoms with van der Waals surface area (Å²) in [6.07, 6.45) is 6.50. The van der Waals surface area contributed by atoms with Crippen molar-refractivity contribution in [2.24, 2.45) is 5.92 Å². The van der Waals surface area contributed by atoms with Gasteiger partial charge in [-0.15, -0.1) is 0 Å². The van der Waals surface area contributed by atoms with Crippen LogP contribution in [0, 0.1) is 5.92 Å². The average molecular weight is 287 g/mol. The fourth-order valence-corrected chi connectivity index (χ4v) is 3.75. The minimum absolute atomic E-state index is 0.244. The summed E-state index contributed by atoms with van der Waals surface area (Å²) < 4.78 is 5.72. The first-order chi connectivity index (χ1) is 10.3. The third kappa shape index (κ3) is 3.46. The summed E-state index contributed by atoms with van der Waals surface area (Å²) in [4.78, 5) is 12.6. The van der Waals surface area contributed by atoms with Crippen LogP contribution in [0.3, 0.4) is 0 Å². The first-order valence-corrected chi connectivity index (χ1v) is 8.27. The van der Waals surface area contributed by atoms with E-state index in [0.717, 1.165) is 30.6 Å². The Labute approximate surface area is 127 Å². The summed E-state index contributed by atoms with van der Waals surface area (Å²) in [6.45, 7) is 2.75. The molecule has 2 aliphatic heterocycles. The zero-order chi connectivity index (χ0) is 14.7. The molecule has 2 bridgehead atoms. The van der Waals surface area contributed by atoms with Gasteiger partial charge in [0.2, 0.25) is 0 Å². The van der Waals surface area contributed by atoms with Gasteiger partial charge in [-0.1, -0.05) is 19.1 Å². The van der Waals surface area contributed by atoms with Crippen LogP contribution in [-0.2, 0) is 0 Å². The van der Waals surface area contributed by atoms with Crippen molar-refractivity contribution >= 4 is 5.78 Å². The van der Waals surface area contributed by atoms with E-state index in [-0.39, 0.29) is 5.78 Å². The number of Topliss-reactive ketones (excluding diaryl/α,β-unsaturated/α-hetero) is 1. The van der Waals surface area contributed by atoms with Gasteiger partial charge in [-0.3, -0.25) is 4.79 Å². The van der Waals surface area contributed by atoms with E-state index < -0.39 is 0 Å². The van der Waals surface area contributed by atoms with Gasteiger partial charge in [0.25, 0.3) is 0 Å². The Morgan fingerprint density at radius 1 is 1.24 bits per heavy atom. The van der Waals surface area contributed by atoms with Crippen molar-refractivity contribution in [1.82, 2.24) is 5.32 Å². The topological polar surface area (TPSA) is 38.3 Å². The molecule has 0 saturated carbocycles. The van der Waals surface area contributed by atoms with Crippen molar-refractivity contribution in [2.45, 2.75) is 57.5 Å². The van der Waals surface area contributed by atoms with Gasteiger partial charge in [0.1, 0.15) is 5.75 Å². The second-order valence-electron chi connectivity index (χ2n) is 6.45. The maximum absolute atomic E-state index is 12.6. The smallest absolute Gasteiger partial charge is 0.166 e. The van der Waals surface area contributed by atoms with Gasteiger partial charge in [-0.2, -0.15) is 0 Å². The van der Waals surface area contributed by atoms with Crippen LogP contribution in [0.4, 0.5) is 0 Å². The first-order valence-electron chi connectivity index (χ1n) is 8.27. The highest BCUT2D eigenvalue weighted by molar-refractivity contribution is 5.98. The molecule has 1 aromatic rings. The van der Waals surface area contributed by atoms with E-state index >= 15 is 0 Å². The van der Waals surface area contributed by atoms with Crippen LogP contribution in [-0.4, -0.2) is 24.5 Å². The van der Waals surface area contributed by atoms with Crippen molar-refractivity contribution in [1.29, 1.82) is 0 Å². The normalized spacial score (nSPS) is 27.6. The van der Waals surface area contributed by atoms with Crippen molar-refractivity contribution in [3.8, 4) is 5.75 Å². The summed E-state index contributed by atoms with van der Waals surface area (Å²) in [5.74, 6) is 1.53. The number of hydrogen-bond donors (Lipinski definition) is 1. The molecule has 21 heavy (non-hydrogen) atoms. The van der Waals surface area contributed by atoms with Crippen LogP contribution in [0.1, 0.15) is 55.8 Å². The molecule has 2 heterocycles. The predicted molar refractivity (Wildman–Crippen MR) is 83.8 cm³/mol. The quantitative estimate of drug-likeness (QED) is 0.813. The third-order valence-corrected chi connectivity index (χ3v) is 4.69. The zero-order valence-electron chi connectivity index (χ0n) is 12.8. The third-order valence-electron chi connectivity index (χ3n) is 4.69. The molecule has 0 radical (unpaired) electrons. The van der Waals surface area contributed by atoms with Crippen molar-refractivity contribution in [3.05, 3.63) is 29.8 Å². The maximum atomic E-state index is 12.6. The number of para-hydroxylation sites is 1. The number of hydrogen-bond acceptors (Lipinski definition) is 3. The first kappa shape index (κ1) is 14.6. The number of nitrogens with one attached hydrogen (secondary N) is 1. The second-order valence-corrected chi connectivity index (χ2v) is 6.45. The number of fused-ring (bicyclic) bond motifs is 2. The molecule has 114 valence electrons. The standard InChI is InChI=1S/C18H25NO2/c1-2-9-21-18-6-4-3-5-16(18)17(20)12-13-10-14-7-8-15(11-13)19-14/h3-6,13-15,19H,2,7-12H2,1H3. The van der Waals surface area contributed by atoms with Gasteiger partial charge < -0.3 is 10.1 Å². The molecule has 3 heteroatoms. The summed E-state index contributed by atoms with van der Waals surface area (Å²) >= 11 is 0.